The third kappa shape index (κ3) is 4.27. The highest BCUT2D eigenvalue weighted by Gasteiger charge is 2.07. The molecule has 1 heterocycles. The summed E-state index contributed by atoms with van der Waals surface area (Å²) in [7, 11) is 1.67. The predicted octanol–water partition coefficient (Wildman–Crippen LogP) is 2.16. The maximum atomic E-state index is 6.18. The average Bonchev–Trinajstić information content (AvgIpc) is 2.47. The van der Waals surface area contributed by atoms with Crippen LogP contribution in [0.2, 0.25) is 0 Å². The lowest BCUT2D eigenvalue weighted by molar-refractivity contribution is 0.0672. The molecule has 0 aliphatic heterocycles. The van der Waals surface area contributed by atoms with Gasteiger partial charge in [0, 0.05) is 31.3 Å². The number of nitrogens with zero attached hydrogens (tertiary/aromatic N) is 1. The minimum Gasteiger partial charge on any atom is -0.382 e. The Kier molecular flexibility index (Phi) is 5.92. The zero-order valence-electron chi connectivity index (χ0n) is 11.9. The second kappa shape index (κ2) is 7.94. The van der Waals surface area contributed by atoms with E-state index >= 15 is 0 Å². The Hall–Kier alpha value is -1.49. The summed E-state index contributed by atoms with van der Waals surface area (Å²) in [5.41, 5.74) is 8.45. The number of para-hydroxylation sites is 1. The number of fused-ring (bicyclic) bond motifs is 1. The van der Waals surface area contributed by atoms with Gasteiger partial charge >= 0.3 is 0 Å². The van der Waals surface area contributed by atoms with Crippen LogP contribution in [-0.4, -0.2) is 38.0 Å². The molecule has 0 saturated carbocycles. The van der Waals surface area contributed by atoms with Gasteiger partial charge in [-0.15, -0.1) is 0 Å². The second-order valence-electron chi connectivity index (χ2n) is 4.85. The Morgan fingerprint density at radius 1 is 1.15 bits per heavy atom. The Bertz CT molecular complexity index is 525. The molecule has 0 saturated heterocycles. The van der Waals surface area contributed by atoms with E-state index in [4.69, 9.17) is 15.2 Å². The lowest BCUT2D eigenvalue weighted by Gasteiger charge is -2.13. The van der Waals surface area contributed by atoms with Gasteiger partial charge in [0.1, 0.15) is 0 Å². The molecule has 0 aliphatic rings. The first-order chi connectivity index (χ1) is 9.81. The Morgan fingerprint density at radius 3 is 2.85 bits per heavy atom. The van der Waals surface area contributed by atoms with Gasteiger partial charge in [-0.2, -0.15) is 0 Å². The fourth-order valence-electron chi connectivity index (χ4n) is 2.20. The molecule has 0 fully saturated rings. The van der Waals surface area contributed by atoms with Crippen molar-refractivity contribution in [3.8, 4) is 0 Å². The van der Waals surface area contributed by atoms with Gasteiger partial charge in [-0.25, -0.2) is 0 Å². The Labute approximate surface area is 119 Å². The minimum absolute atomic E-state index is 0.100. The molecule has 2 rings (SSSR count). The van der Waals surface area contributed by atoms with E-state index in [0.29, 0.717) is 19.8 Å². The topological polar surface area (TPSA) is 57.4 Å². The molecule has 20 heavy (non-hydrogen) atoms. The van der Waals surface area contributed by atoms with Gasteiger partial charge in [-0.05, 0) is 30.5 Å². The summed E-state index contributed by atoms with van der Waals surface area (Å²) in [6.07, 6.45) is 3.54. The molecule has 0 bridgehead atoms. The van der Waals surface area contributed by atoms with Crippen molar-refractivity contribution in [3.63, 3.8) is 0 Å². The highest BCUT2D eigenvalue weighted by Crippen LogP contribution is 2.17. The smallest absolute Gasteiger partial charge is 0.0704 e. The first kappa shape index (κ1) is 14.9. The second-order valence-corrected chi connectivity index (χ2v) is 4.85. The number of nitrogens with two attached hydrogens (primary N) is 1. The number of benzene rings is 1. The van der Waals surface area contributed by atoms with Crippen molar-refractivity contribution in [1.29, 1.82) is 0 Å². The molecule has 0 aliphatic carbocycles. The number of rotatable bonds is 8. The molecule has 2 aromatic rings. The molecule has 1 aromatic heterocycles. The third-order valence-corrected chi connectivity index (χ3v) is 3.29. The number of methoxy groups -OCH3 is 1. The summed E-state index contributed by atoms with van der Waals surface area (Å²) in [5, 5.41) is 1.19. The minimum atomic E-state index is 0.100. The fraction of sp³-hybridized carbons (Fsp3) is 0.438. The Balaban J connectivity index is 1.88. The van der Waals surface area contributed by atoms with Crippen molar-refractivity contribution < 1.29 is 9.47 Å². The molecule has 0 radical (unpaired) electrons. The zero-order chi connectivity index (χ0) is 14.2. The first-order valence-corrected chi connectivity index (χ1v) is 6.96. The summed E-state index contributed by atoms with van der Waals surface area (Å²) in [5.74, 6) is 0. The van der Waals surface area contributed by atoms with E-state index in [1.165, 1.54) is 10.9 Å². The van der Waals surface area contributed by atoms with Crippen LogP contribution in [0.3, 0.4) is 0 Å². The Morgan fingerprint density at radius 2 is 2.00 bits per heavy atom. The third-order valence-electron chi connectivity index (χ3n) is 3.29. The molecule has 1 aromatic carbocycles. The maximum Gasteiger partial charge on any atom is 0.0704 e. The van der Waals surface area contributed by atoms with Gasteiger partial charge in [0.25, 0.3) is 0 Å². The van der Waals surface area contributed by atoms with E-state index < -0.39 is 0 Å². The van der Waals surface area contributed by atoms with Crippen LogP contribution >= 0.6 is 0 Å². The lowest BCUT2D eigenvalue weighted by Crippen LogP contribution is -2.25. The van der Waals surface area contributed by atoms with Crippen LogP contribution in [0.1, 0.15) is 12.0 Å². The van der Waals surface area contributed by atoms with E-state index in [9.17, 15) is 0 Å². The van der Waals surface area contributed by atoms with E-state index in [0.717, 1.165) is 18.4 Å². The normalized spacial score (nSPS) is 12.7. The van der Waals surface area contributed by atoms with Crippen LogP contribution in [0.4, 0.5) is 0 Å². The molecular weight excluding hydrogens is 252 g/mol. The zero-order valence-corrected chi connectivity index (χ0v) is 11.9. The summed E-state index contributed by atoms with van der Waals surface area (Å²) in [6.45, 7) is 1.93. The van der Waals surface area contributed by atoms with Crippen molar-refractivity contribution in [2.75, 3.05) is 26.9 Å². The van der Waals surface area contributed by atoms with Gasteiger partial charge in [0.2, 0.25) is 0 Å². The number of hydrogen-bond donors (Lipinski definition) is 1. The first-order valence-electron chi connectivity index (χ1n) is 6.96. The molecule has 0 amide bonds. The molecule has 4 nitrogen and oxygen atoms in total. The number of pyridine rings is 1. The van der Waals surface area contributed by atoms with E-state index in [-0.39, 0.29) is 6.04 Å². The molecule has 4 heteroatoms. The van der Waals surface area contributed by atoms with Gasteiger partial charge < -0.3 is 15.2 Å². The van der Waals surface area contributed by atoms with Crippen LogP contribution in [-0.2, 0) is 15.9 Å². The van der Waals surface area contributed by atoms with E-state index in [2.05, 4.69) is 11.1 Å². The van der Waals surface area contributed by atoms with Crippen molar-refractivity contribution in [1.82, 2.24) is 4.98 Å². The molecule has 108 valence electrons. The van der Waals surface area contributed by atoms with Crippen LogP contribution in [0.5, 0.6) is 0 Å². The van der Waals surface area contributed by atoms with E-state index in [1.807, 2.05) is 30.5 Å². The van der Waals surface area contributed by atoms with Crippen LogP contribution in [0, 0.1) is 0 Å². The van der Waals surface area contributed by atoms with Crippen LogP contribution in [0.15, 0.2) is 36.5 Å². The van der Waals surface area contributed by atoms with Crippen molar-refractivity contribution in [2.24, 2.45) is 5.73 Å². The van der Waals surface area contributed by atoms with Crippen molar-refractivity contribution in [3.05, 3.63) is 42.1 Å². The lowest BCUT2D eigenvalue weighted by atomic mass is 10.0. The van der Waals surface area contributed by atoms with Gasteiger partial charge in [0.15, 0.2) is 0 Å². The van der Waals surface area contributed by atoms with E-state index in [1.54, 1.807) is 7.11 Å². The summed E-state index contributed by atoms with van der Waals surface area (Å²) >= 11 is 0. The summed E-state index contributed by atoms with van der Waals surface area (Å²) in [6, 6.07) is 10.3. The van der Waals surface area contributed by atoms with Crippen LogP contribution < -0.4 is 5.73 Å². The maximum absolute atomic E-state index is 6.18. The van der Waals surface area contributed by atoms with Gasteiger partial charge in [0.05, 0.1) is 18.7 Å². The molecule has 2 N–H and O–H groups in total. The molecule has 1 atom stereocenters. The van der Waals surface area contributed by atoms with Gasteiger partial charge in [-0.3, -0.25) is 4.98 Å². The summed E-state index contributed by atoms with van der Waals surface area (Å²) < 4.78 is 10.4. The quantitative estimate of drug-likeness (QED) is 0.749. The SMILES string of the molecule is COCCOCCC(N)Cc1ccnc2ccccc12. The summed E-state index contributed by atoms with van der Waals surface area (Å²) in [4.78, 5) is 4.37. The average molecular weight is 274 g/mol. The fourth-order valence-corrected chi connectivity index (χ4v) is 2.20. The number of hydrogen-bond acceptors (Lipinski definition) is 4. The highest BCUT2D eigenvalue weighted by atomic mass is 16.5. The predicted molar refractivity (Wildman–Crippen MR) is 80.7 cm³/mol. The number of ether oxygens (including phenoxy) is 2. The van der Waals surface area contributed by atoms with Gasteiger partial charge in [-0.1, -0.05) is 18.2 Å². The largest absolute Gasteiger partial charge is 0.382 e. The highest BCUT2D eigenvalue weighted by molar-refractivity contribution is 5.81. The van der Waals surface area contributed by atoms with Crippen molar-refractivity contribution in [2.45, 2.75) is 18.9 Å². The van der Waals surface area contributed by atoms with Crippen LogP contribution in [0.25, 0.3) is 10.9 Å². The van der Waals surface area contributed by atoms with Crippen molar-refractivity contribution >= 4 is 10.9 Å². The monoisotopic (exact) mass is 274 g/mol. The standard InChI is InChI=1S/C16H22N2O2/c1-19-10-11-20-9-7-14(17)12-13-6-8-18-16-5-3-2-4-15(13)16/h2-6,8,14H,7,9-12,17H2,1H3. The molecule has 0 spiro atoms. The molecule has 1 unspecified atom stereocenters. The molecular formula is C16H22N2O2. The number of aromatic nitrogens is 1.